The highest BCUT2D eigenvalue weighted by Gasteiger charge is 2.17. The quantitative estimate of drug-likeness (QED) is 0.613. The highest BCUT2D eigenvalue weighted by atomic mass is 35.5. The third-order valence-electron chi connectivity index (χ3n) is 5.50. The van der Waals surface area contributed by atoms with Crippen LogP contribution in [0.3, 0.4) is 0 Å². The number of piperazine rings is 1. The van der Waals surface area contributed by atoms with Crippen molar-refractivity contribution in [3.63, 3.8) is 0 Å². The number of hydrogen-bond donors (Lipinski definition) is 2. The van der Waals surface area contributed by atoms with E-state index < -0.39 is 5.91 Å². The Labute approximate surface area is 187 Å². The molecule has 4 rings (SSSR count). The van der Waals surface area contributed by atoms with Gasteiger partial charge in [0.2, 0.25) is 0 Å². The molecule has 0 radical (unpaired) electrons. The first-order chi connectivity index (χ1) is 15.0. The van der Waals surface area contributed by atoms with Crippen LogP contribution in [0.2, 0.25) is 5.02 Å². The van der Waals surface area contributed by atoms with Gasteiger partial charge in [0, 0.05) is 38.1 Å². The molecule has 1 amide bonds. The fraction of sp³-hybridized carbons (Fsp3) is 0.250. The van der Waals surface area contributed by atoms with Crippen LogP contribution in [0, 0.1) is 0 Å². The smallest absolute Gasteiger partial charge is 0.269 e. The van der Waals surface area contributed by atoms with Crippen molar-refractivity contribution in [2.75, 3.05) is 43.4 Å². The molecule has 160 valence electrons. The van der Waals surface area contributed by atoms with Crippen LogP contribution >= 0.6 is 11.6 Å². The van der Waals surface area contributed by atoms with E-state index in [2.05, 4.69) is 39.3 Å². The van der Waals surface area contributed by atoms with Gasteiger partial charge < -0.3 is 20.9 Å². The molecule has 0 atom stereocenters. The minimum atomic E-state index is -0.575. The number of carbonyl (C=O) groups excluding carboxylic acids is 1. The molecule has 7 heteroatoms. The van der Waals surface area contributed by atoms with E-state index in [0.717, 1.165) is 43.1 Å². The number of nitrogens with two attached hydrogens (primary N) is 1. The van der Waals surface area contributed by atoms with E-state index in [-0.39, 0.29) is 5.69 Å². The lowest BCUT2D eigenvalue weighted by molar-refractivity contribution is 0.0996. The third-order valence-corrected chi connectivity index (χ3v) is 5.80. The number of halogens is 1. The zero-order valence-corrected chi connectivity index (χ0v) is 18.3. The van der Waals surface area contributed by atoms with Crippen LogP contribution in [0.25, 0.3) is 0 Å². The first kappa shape index (κ1) is 21.2. The van der Waals surface area contributed by atoms with Crippen molar-refractivity contribution in [2.45, 2.75) is 6.42 Å². The zero-order valence-electron chi connectivity index (χ0n) is 17.5. The molecule has 1 aliphatic heterocycles. The molecule has 1 aromatic heterocycles. The van der Waals surface area contributed by atoms with Crippen molar-refractivity contribution in [1.82, 2.24) is 9.88 Å². The van der Waals surface area contributed by atoms with Crippen molar-refractivity contribution in [3.8, 4) is 0 Å². The molecule has 1 aliphatic rings. The van der Waals surface area contributed by atoms with Crippen molar-refractivity contribution >= 4 is 34.6 Å². The van der Waals surface area contributed by atoms with Gasteiger partial charge >= 0.3 is 0 Å². The molecule has 3 N–H and O–H groups in total. The predicted molar refractivity (Wildman–Crippen MR) is 126 cm³/mol. The van der Waals surface area contributed by atoms with Crippen molar-refractivity contribution in [2.24, 2.45) is 5.73 Å². The van der Waals surface area contributed by atoms with Crippen LogP contribution in [0.15, 0.2) is 60.8 Å². The van der Waals surface area contributed by atoms with Gasteiger partial charge in [-0.1, -0.05) is 41.9 Å². The number of rotatable bonds is 6. The highest BCUT2D eigenvalue weighted by Crippen LogP contribution is 2.31. The van der Waals surface area contributed by atoms with Crippen LogP contribution in [0.1, 0.15) is 21.6 Å². The SMILES string of the molecule is CN1CCN(c2ccc(Nc3cc(Cc4ccccc4)cnc3C(N)=O)cc2Cl)CC1. The maximum atomic E-state index is 11.9. The molecule has 0 unspecified atom stereocenters. The molecule has 2 aromatic carbocycles. The summed E-state index contributed by atoms with van der Waals surface area (Å²) in [4.78, 5) is 20.8. The molecule has 0 aliphatic carbocycles. The van der Waals surface area contributed by atoms with Gasteiger partial charge in [0.25, 0.3) is 5.91 Å². The molecule has 2 heterocycles. The summed E-state index contributed by atoms with van der Waals surface area (Å²) in [5.74, 6) is -0.575. The average Bonchev–Trinajstić information content (AvgIpc) is 2.75. The van der Waals surface area contributed by atoms with Crippen molar-refractivity contribution in [3.05, 3.63) is 82.6 Å². The number of carbonyl (C=O) groups is 1. The van der Waals surface area contributed by atoms with Crippen LogP contribution in [0.4, 0.5) is 17.1 Å². The van der Waals surface area contributed by atoms with E-state index in [4.69, 9.17) is 17.3 Å². The Morgan fingerprint density at radius 3 is 2.48 bits per heavy atom. The summed E-state index contributed by atoms with van der Waals surface area (Å²) < 4.78 is 0. The molecule has 0 spiro atoms. The number of hydrogen-bond acceptors (Lipinski definition) is 5. The molecule has 1 fully saturated rings. The van der Waals surface area contributed by atoms with Gasteiger partial charge in [-0.25, -0.2) is 4.98 Å². The normalized spacial score (nSPS) is 14.5. The van der Waals surface area contributed by atoms with Crippen LogP contribution in [-0.4, -0.2) is 49.0 Å². The maximum absolute atomic E-state index is 11.9. The second kappa shape index (κ2) is 9.37. The number of pyridine rings is 1. The molecule has 1 saturated heterocycles. The number of aromatic nitrogens is 1. The van der Waals surface area contributed by atoms with Crippen LogP contribution in [-0.2, 0) is 6.42 Å². The number of nitrogens with zero attached hydrogens (tertiary/aromatic N) is 3. The molecule has 0 bridgehead atoms. The number of anilines is 3. The van der Waals surface area contributed by atoms with Gasteiger partial charge in [-0.05, 0) is 48.9 Å². The highest BCUT2D eigenvalue weighted by molar-refractivity contribution is 6.33. The lowest BCUT2D eigenvalue weighted by Gasteiger charge is -2.34. The summed E-state index contributed by atoms with van der Waals surface area (Å²) in [6.07, 6.45) is 2.41. The third kappa shape index (κ3) is 5.16. The van der Waals surface area contributed by atoms with Gasteiger partial charge in [0.1, 0.15) is 0 Å². The number of amides is 1. The molecule has 6 nitrogen and oxygen atoms in total. The monoisotopic (exact) mass is 435 g/mol. The van der Waals surface area contributed by atoms with Gasteiger partial charge in [0.15, 0.2) is 5.69 Å². The first-order valence-electron chi connectivity index (χ1n) is 10.3. The number of nitrogens with one attached hydrogen (secondary N) is 1. The predicted octanol–water partition coefficient (Wildman–Crippen LogP) is 3.92. The minimum absolute atomic E-state index is 0.205. The first-order valence-corrected chi connectivity index (χ1v) is 10.7. The van der Waals surface area contributed by atoms with E-state index in [0.29, 0.717) is 17.1 Å². The van der Waals surface area contributed by atoms with Crippen LogP contribution < -0.4 is 16.0 Å². The summed E-state index contributed by atoms with van der Waals surface area (Å²) in [6.45, 7) is 3.91. The lowest BCUT2D eigenvalue weighted by Crippen LogP contribution is -2.44. The van der Waals surface area contributed by atoms with E-state index in [1.165, 1.54) is 5.56 Å². The number of benzene rings is 2. The summed E-state index contributed by atoms with van der Waals surface area (Å²) in [7, 11) is 2.13. The van der Waals surface area contributed by atoms with Crippen LogP contribution in [0.5, 0.6) is 0 Å². The molecular weight excluding hydrogens is 410 g/mol. The van der Waals surface area contributed by atoms with Gasteiger partial charge in [-0.3, -0.25) is 4.79 Å². The maximum Gasteiger partial charge on any atom is 0.269 e. The topological polar surface area (TPSA) is 74.5 Å². The molecular formula is C24H26ClN5O. The summed E-state index contributed by atoms with van der Waals surface area (Å²) >= 11 is 6.60. The number of primary amides is 1. The largest absolute Gasteiger partial charge is 0.368 e. The Bertz CT molecular complexity index is 1060. The number of likely N-dealkylation sites (N-methyl/N-ethyl adjacent to an activating group) is 1. The second-order valence-electron chi connectivity index (χ2n) is 7.85. The van der Waals surface area contributed by atoms with Crippen molar-refractivity contribution in [1.29, 1.82) is 0 Å². The second-order valence-corrected chi connectivity index (χ2v) is 8.26. The fourth-order valence-electron chi connectivity index (χ4n) is 3.77. The van der Waals surface area contributed by atoms with E-state index in [1.807, 2.05) is 42.5 Å². The van der Waals surface area contributed by atoms with E-state index in [1.54, 1.807) is 6.20 Å². The zero-order chi connectivity index (χ0) is 21.8. The molecule has 0 saturated carbocycles. The summed E-state index contributed by atoms with van der Waals surface area (Å²) in [6, 6.07) is 17.9. The van der Waals surface area contributed by atoms with Crippen molar-refractivity contribution < 1.29 is 4.79 Å². The summed E-state index contributed by atoms with van der Waals surface area (Å²) in [5.41, 5.74) is 10.3. The Morgan fingerprint density at radius 2 is 1.81 bits per heavy atom. The van der Waals surface area contributed by atoms with Gasteiger partial charge in [-0.15, -0.1) is 0 Å². The summed E-state index contributed by atoms with van der Waals surface area (Å²) in [5, 5.41) is 3.95. The van der Waals surface area contributed by atoms with Gasteiger partial charge in [-0.2, -0.15) is 0 Å². The van der Waals surface area contributed by atoms with Gasteiger partial charge in [0.05, 0.1) is 16.4 Å². The van der Waals surface area contributed by atoms with E-state index in [9.17, 15) is 4.79 Å². The standard InChI is InChI=1S/C24H26ClN5O/c1-29-9-11-30(12-10-29)22-8-7-19(15-20(22)25)28-21-14-18(16-27-23(21)24(26)31)13-17-5-3-2-4-6-17/h2-8,14-16,28H,9-13H2,1H3,(H2,26,31). The Morgan fingerprint density at radius 1 is 1.06 bits per heavy atom. The molecule has 3 aromatic rings. The Hall–Kier alpha value is -3.09. The Balaban J connectivity index is 1.56. The lowest BCUT2D eigenvalue weighted by atomic mass is 10.1. The fourth-order valence-corrected chi connectivity index (χ4v) is 4.07. The minimum Gasteiger partial charge on any atom is -0.368 e. The van der Waals surface area contributed by atoms with E-state index >= 15 is 0 Å². The Kier molecular flexibility index (Phi) is 6.39. The molecule has 31 heavy (non-hydrogen) atoms. The average molecular weight is 436 g/mol.